The third-order valence-corrected chi connectivity index (χ3v) is 4.04. The number of hydrogen-bond acceptors (Lipinski definition) is 1. The van der Waals surface area contributed by atoms with Gasteiger partial charge in [-0.1, -0.05) is 71.7 Å². The predicted molar refractivity (Wildman–Crippen MR) is 84.3 cm³/mol. The summed E-state index contributed by atoms with van der Waals surface area (Å²) in [5.74, 6) is -0.688. The molecule has 0 amide bonds. The van der Waals surface area contributed by atoms with Crippen molar-refractivity contribution in [2.45, 2.75) is 71.1 Å². The Hall–Kier alpha value is -1.31. The molecule has 0 aromatic heterocycles. The second-order valence-corrected chi connectivity index (χ2v) is 6.72. The molecule has 0 saturated heterocycles. The van der Waals surface area contributed by atoms with Crippen LogP contribution in [0.4, 0.5) is 0 Å². The van der Waals surface area contributed by atoms with Gasteiger partial charge in [0.05, 0.1) is 5.41 Å². The van der Waals surface area contributed by atoms with Gasteiger partial charge in [-0.25, -0.2) is 0 Å². The van der Waals surface area contributed by atoms with Gasteiger partial charge in [0, 0.05) is 0 Å². The number of hydrogen-bond donors (Lipinski definition) is 1. The van der Waals surface area contributed by atoms with E-state index < -0.39 is 11.4 Å². The van der Waals surface area contributed by atoms with Gasteiger partial charge < -0.3 is 5.11 Å². The third-order valence-electron chi connectivity index (χ3n) is 4.04. The highest BCUT2D eigenvalue weighted by atomic mass is 16.4. The average molecular weight is 276 g/mol. The van der Waals surface area contributed by atoms with E-state index in [0.29, 0.717) is 12.8 Å². The molecule has 0 aliphatic rings. The van der Waals surface area contributed by atoms with Gasteiger partial charge in [-0.2, -0.15) is 0 Å². The summed E-state index contributed by atoms with van der Waals surface area (Å²) in [5, 5.41) is 9.83. The Balaban J connectivity index is 3.37. The number of benzene rings is 1. The van der Waals surface area contributed by atoms with Crippen molar-refractivity contribution in [3.63, 3.8) is 0 Å². The minimum atomic E-state index is -0.731. The highest BCUT2D eigenvalue weighted by Gasteiger charge is 2.38. The predicted octanol–water partition coefficient (Wildman–Crippen LogP) is 4.91. The van der Waals surface area contributed by atoms with Crippen LogP contribution in [0.2, 0.25) is 0 Å². The van der Waals surface area contributed by atoms with E-state index in [1.807, 2.05) is 12.1 Å². The lowest BCUT2D eigenvalue weighted by molar-refractivity contribution is -0.144. The molecule has 20 heavy (non-hydrogen) atoms. The topological polar surface area (TPSA) is 37.3 Å². The summed E-state index contributed by atoms with van der Waals surface area (Å²) in [6, 6.07) is 8.17. The fourth-order valence-corrected chi connectivity index (χ4v) is 2.89. The minimum Gasteiger partial charge on any atom is -0.481 e. The first-order valence-corrected chi connectivity index (χ1v) is 7.62. The smallest absolute Gasteiger partial charge is 0.314 e. The second kappa shape index (κ2) is 6.43. The van der Waals surface area contributed by atoms with Gasteiger partial charge in [0.25, 0.3) is 0 Å². The first-order chi connectivity index (χ1) is 9.28. The van der Waals surface area contributed by atoms with Crippen LogP contribution in [0.1, 0.15) is 71.4 Å². The lowest BCUT2D eigenvalue weighted by atomic mass is 9.72. The van der Waals surface area contributed by atoms with Gasteiger partial charge in [-0.3, -0.25) is 4.79 Å². The van der Waals surface area contributed by atoms with Crippen LogP contribution in [0.25, 0.3) is 0 Å². The number of aliphatic carboxylic acids is 1. The van der Waals surface area contributed by atoms with E-state index in [4.69, 9.17) is 0 Å². The van der Waals surface area contributed by atoms with Gasteiger partial charge in [-0.05, 0) is 29.4 Å². The van der Waals surface area contributed by atoms with Crippen molar-refractivity contribution in [2.75, 3.05) is 0 Å². The fourth-order valence-electron chi connectivity index (χ4n) is 2.89. The van der Waals surface area contributed by atoms with E-state index in [1.165, 1.54) is 5.56 Å². The molecular weight excluding hydrogens is 248 g/mol. The molecule has 0 bridgehead atoms. The Kier molecular flexibility index (Phi) is 5.38. The van der Waals surface area contributed by atoms with Crippen molar-refractivity contribution in [3.8, 4) is 0 Å². The number of carboxylic acids is 1. The molecule has 2 heteroatoms. The van der Waals surface area contributed by atoms with E-state index >= 15 is 0 Å². The van der Waals surface area contributed by atoms with E-state index in [-0.39, 0.29) is 5.41 Å². The van der Waals surface area contributed by atoms with Crippen molar-refractivity contribution >= 4 is 5.97 Å². The molecule has 0 radical (unpaired) electrons. The van der Waals surface area contributed by atoms with Crippen LogP contribution in [0.5, 0.6) is 0 Å². The lowest BCUT2D eigenvalue weighted by Crippen LogP contribution is -2.36. The molecule has 1 aromatic rings. The highest BCUT2D eigenvalue weighted by Crippen LogP contribution is 2.36. The molecule has 0 aliphatic heterocycles. The van der Waals surface area contributed by atoms with Gasteiger partial charge in [-0.15, -0.1) is 0 Å². The Morgan fingerprint density at radius 3 is 1.95 bits per heavy atom. The van der Waals surface area contributed by atoms with Gasteiger partial charge in [0.15, 0.2) is 0 Å². The van der Waals surface area contributed by atoms with Gasteiger partial charge >= 0.3 is 5.97 Å². The summed E-state index contributed by atoms with van der Waals surface area (Å²) < 4.78 is 0. The van der Waals surface area contributed by atoms with Crippen LogP contribution < -0.4 is 0 Å². The molecule has 1 N–H and O–H groups in total. The summed E-state index contributed by atoms with van der Waals surface area (Å²) in [5.41, 5.74) is 1.47. The summed E-state index contributed by atoms with van der Waals surface area (Å²) in [6.07, 6.45) is 3.16. The first kappa shape index (κ1) is 16.7. The van der Waals surface area contributed by atoms with Crippen LogP contribution in [-0.2, 0) is 15.6 Å². The molecule has 0 heterocycles. The van der Waals surface area contributed by atoms with E-state index in [0.717, 1.165) is 18.4 Å². The van der Waals surface area contributed by atoms with Crippen molar-refractivity contribution in [3.05, 3.63) is 35.4 Å². The SMILES string of the molecule is CCCC(CCC)(C(=O)O)c1cccc(C(C)(C)C)c1. The average Bonchev–Trinajstić information content (AvgIpc) is 2.37. The molecule has 2 nitrogen and oxygen atoms in total. The van der Waals surface area contributed by atoms with E-state index in [1.54, 1.807) is 0 Å². The zero-order valence-electron chi connectivity index (χ0n) is 13.5. The molecule has 112 valence electrons. The largest absolute Gasteiger partial charge is 0.481 e. The van der Waals surface area contributed by atoms with Crippen molar-refractivity contribution in [1.82, 2.24) is 0 Å². The van der Waals surface area contributed by atoms with Crippen LogP contribution in [0, 0.1) is 0 Å². The van der Waals surface area contributed by atoms with E-state index in [2.05, 4.69) is 46.8 Å². The summed E-state index contributed by atoms with van der Waals surface area (Å²) in [7, 11) is 0. The summed E-state index contributed by atoms with van der Waals surface area (Å²) >= 11 is 0. The summed E-state index contributed by atoms with van der Waals surface area (Å²) in [6.45, 7) is 10.6. The maximum atomic E-state index is 12.0. The van der Waals surface area contributed by atoms with Gasteiger partial charge in [0.2, 0.25) is 0 Å². The fraction of sp³-hybridized carbons (Fsp3) is 0.611. The molecule has 1 rings (SSSR count). The molecule has 1 aromatic carbocycles. The first-order valence-electron chi connectivity index (χ1n) is 7.62. The number of carboxylic acid groups (broad SMARTS) is 1. The summed E-state index contributed by atoms with van der Waals surface area (Å²) in [4.78, 5) is 12.0. The third kappa shape index (κ3) is 3.41. The van der Waals surface area contributed by atoms with Crippen LogP contribution in [-0.4, -0.2) is 11.1 Å². The second-order valence-electron chi connectivity index (χ2n) is 6.72. The van der Waals surface area contributed by atoms with Crippen LogP contribution in [0.15, 0.2) is 24.3 Å². The quantitative estimate of drug-likeness (QED) is 0.801. The maximum absolute atomic E-state index is 12.0. The Bertz CT molecular complexity index is 449. The monoisotopic (exact) mass is 276 g/mol. The normalized spacial score (nSPS) is 12.4. The molecule has 0 spiro atoms. The lowest BCUT2D eigenvalue weighted by Gasteiger charge is -2.31. The van der Waals surface area contributed by atoms with Crippen molar-refractivity contribution < 1.29 is 9.90 Å². The Morgan fingerprint density at radius 1 is 1.05 bits per heavy atom. The Morgan fingerprint density at radius 2 is 1.55 bits per heavy atom. The molecule has 0 fully saturated rings. The Labute approximate surface area is 123 Å². The van der Waals surface area contributed by atoms with Crippen molar-refractivity contribution in [2.24, 2.45) is 0 Å². The highest BCUT2D eigenvalue weighted by molar-refractivity contribution is 5.81. The van der Waals surface area contributed by atoms with Crippen LogP contribution in [0.3, 0.4) is 0 Å². The molecule has 0 saturated carbocycles. The van der Waals surface area contributed by atoms with Crippen LogP contribution >= 0.6 is 0 Å². The number of rotatable bonds is 6. The molecular formula is C18H28O2. The molecule has 0 atom stereocenters. The molecule has 0 aliphatic carbocycles. The van der Waals surface area contributed by atoms with E-state index in [9.17, 15) is 9.90 Å². The zero-order valence-corrected chi connectivity index (χ0v) is 13.5. The van der Waals surface area contributed by atoms with Gasteiger partial charge in [0.1, 0.15) is 0 Å². The standard InChI is InChI=1S/C18H28O2/c1-6-11-18(12-7-2,16(19)20)15-10-8-9-14(13-15)17(3,4)5/h8-10,13H,6-7,11-12H2,1-5H3,(H,19,20). The minimum absolute atomic E-state index is 0.0404. The maximum Gasteiger partial charge on any atom is 0.314 e. The number of carbonyl (C=O) groups is 1. The van der Waals surface area contributed by atoms with Crippen molar-refractivity contribution in [1.29, 1.82) is 0 Å². The zero-order chi connectivity index (χ0) is 15.4. The molecule has 0 unspecified atom stereocenters.